The van der Waals surface area contributed by atoms with Gasteiger partial charge in [-0.3, -0.25) is 4.98 Å². The molecule has 0 bridgehead atoms. The van der Waals surface area contributed by atoms with Crippen LogP contribution in [-0.4, -0.2) is 19.6 Å². The quantitative estimate of drug-likeness (QED) is 0.688. The van der Waals surface area contributed by atoms with Crippen LogP contribution in [0.5, 0.6) is 0 Å². The molecule has 17 heavy (non-hydrogen) atoms. The zero-order chi connectivity index (χ0) is 13.4. The third kappa shape index (κ3) is 3.80. The zero-order valence-electron chi connectivity index (χ0n) is 7.67. The van der Waals surface area contributed by atoms with E-state index in [2.05, 4.69) is 36.8 Å². The summed E-state index contributed by atoms with van der Waals surface area (Å²) < 4.78 is 60.2. The van der Waals surface area contributed by atoms with Crippen molar-refractivity contribution in [2.24, 2.45) is 0 Å². The van der Waals surface area contributed by atoms with Gasteiger partial charge in [0.1, 0.15) is 0 Å². The first-order chi connectivity index (χ1) is 7.53. The topological polar surface area (TPSA) is 47.0 Å². The van der Waals surface area contributed by atoms with Crippen molar-refractivity contribution in [1.82, 2.24) is 4.98 Å². The number of aromatic nitrogens is 1. The lowest BCUT2D eigenvalue weighted by Crippen LogP contribution is -2.27. The van der Waals surface area contributed by atoms with E-state index < -0.39 is 26.2 Å². The highest BCUT2D eigenvalue weighted by molar-refractivity contribution is 9.11. The molecule has 1 atom stereocenters. The van der Waals surface area contributed by atoms with Crippen molar-refractivity contribution in [1.29, 1.82) is 0 Å². The molecule has 0 aliphatic carbocycles. The minimum Gasteiger partial charge on any atom is -0.257 e. The van der Waals surface area contributed by atoms with Crippen molar-refractivity contribution < 1.29 is 21.6 Å². The highest BCUT2D eigenvalue weighted by atomic mass is 79.9. The van der Waals surface area contributed by atoms with Crippen LogP contribution in [0.25, 0.3) is 0 Å². The van der Waals surface area contributed by atoms with Crippen LogP contribution in [0.1, 0.15) is 10.9 Å². The second kappa shape index (κ2) is 5.02. The standard InChI is InChI=1S/C7H3Br2ClF3NO2S/c8-3-1-4(9)5(14-2-3)6(7(11,12)13)17(10,15)16/h1-2,6H. The van der Waals surface area contributed by atoms with Crippen LogP contribution in [0, 0.1) is 0 Å². The van der Waals surface area contributed by atoms with E-state index in [0.29, 0.717) is 4.47 Å². The van der Waals surface area contributed by atoms with Crippen molar-refractivity contribution in [3.05, 3.63) is 26.9 Å². The van der Waals surface area contributed by atoms with Gasteiger partial charge in [0, 0.05) is 25.8 Å². The van der Waals surface area contributed by atoms with E-state index in [4.69, 9.17) is 10.7 Å². The van der Waals surface area contributed by atoms with Gasteiger partial charge in [0.25, 0.3) is 0 Å². The summed E-state index contributed by atoms with van der Waals surface area (Å²) in [6.07, 6.45) is -3.98. The Bertz CT molecular complexity index is 534. The lowest BCUT2D eigenvalue weighted by Gasteiger charge is -2.17. The van der Waals surface area contributed by atoms with Gasteiger partial charge in [-0.1, -0.05) is 0 Å². The Morgan fingerprint density at radius 3 is 2.24 bits per heavy atom. The monoisotopic (exact) mass is 415 g/mol. The lowest BCUT2D eigenvalue weighted by atomic mass is 10.2. The Hall–Kier alpha value is 0.140. The molecule has 0 aliphatic rings. The molecule has 0 amide bonds. The molecule has 0 aliphatic heterocycles. The summed E-state index contributed by atoms with van der Waals surface area (Å²) in [5.41, 5.74) is -0.698. The van der Waals surface area contributed by atoms with Crippen molar-refractivity contribution >= 4 is 51.6 Å². The molecular weight excluding hydrogens is 414 g/mol. The highest BCUT2D eigenvalue weighted by Crippen LogP contribution is 2.42. The SMILES string of the molecule is O=S(=O)(Cl)C(c1ncc(Br)cc1Br)C(F)(F)F. The van der Waals surface area contributed by atoms with Crippen molar-refractivity contribution in [2.75, 3.05) is 0 Å². The summed E-state index contributed by atoms with van der Waals surface area (Å²) >= 11 is 5.81. The average molecular weight is 417 g/mol. The van der Waals surface area contributed by atoms with Crippen molar-refractivity contribution in [3.8, 4) is 0 Å². The summed E-state index contributed by atoms with van der Waals surface area (Å²) in [6.45, 7) is 0. The van der Waals surface area contributed by atoms with Gasteiger partial charge in [-0.25, -0.2) is 8.42 Å². The summed E-state index contributed by atoms with van der Waals surface area (Å²) in [4.78, 5) is 3.43. The summed E-state index contributed by atoms with van der Waals surface area (Å²) in [5.74, 6) is 0. The van der Waals surface area contributed by atoms with Crippen LogP contribution >= 0.6 is 42.5 Å². The summed E-state index contributed by atoms with van der Waals surface area (Å²) in [5, 5.41) is -2.86. The summed E-state index contributed by atoms with van der Waals surface area (Å²) in [7, 11) is -0.0618. The second-order valence-corrected chi connectivity index (χ2v) is 7.40. The minimum absolute atomic E-state index is 0.0987. The molecule has 1 aromatic rings. The third-order valence-corrected chi connectivity index (χ3v) is 4.32. The largest absolute Gasteiger partial charge is 0.412 e. The highest BCUT2D eigenvalue weighted by Gasteiger charge is 2.51. The van der Waals surface area contributed by atoms with Gasteiger partial charge in [-0.05, 0) is 37.9 Å². The van der Waals surface area contributed by atoms with E-state index in [1.165, 1.54) is 6.07 Å². The maximum absolute atomic E-state index is 12.6. The number of hydrogen-bond acceptors (Lipinski definition) is 3. The number of nitrogens with zero attached hydrogens (tertiary/aromatic N) is 1. The molecule has 96 valence electrons. The molecule has 0 N–H and O–H groups in total. The summed E-state index contributed by atoms with van der Waals surface area (Å²) in [6, 6.07) is 1.25. The minimum atomic E-state index is -5.04. The van der Waals surface area contributed by atoms with Crippen LogP contribution < -0.4 is 0 Å². The molecule has 1 heterocycles. The fraction of sp³-hybridized carbons (Fsp3) is 0.286. The molecule has 0 saturated carbocycles. The molecule has 1 aromatic heterocycles. The number of pyridine rings is 1. The predicted octanol–water partition coefficient (Wildman–Crippen LogP) is 3.78. The Morgan fingerprint density at radius 2 is 1.88 bits per heavy atom. The van der Waals surface area contributed by atoms with Crippen molar-refractivity contribution in [2.45, 2.75) is 11.4 Å². The van der Waals surface area contributed by atoms with E-state index in [9.17, 15) is 21.6 Å². The Kier molecular flexibility index (Phi) is 4.49. The van der Waals surface area contributed by atoms with Crippen molar-refractivity contribution in [3.63, 3.8) is 0 Å². The van der Waals surface area contributed by atoms with Gasteiger partial charge in [0.15, 0.2) is 0 Å². The smallest absolute Gasteiger partial charge is 0.257 e. The molecule has 0 radical (unpaired) electrons. The van der Waals surface area contributed by atoms with Crippen LogP contribution in [0.3, 0.4) is 0 Å². The third-order valence-electron chi connectivity index (χ3n) is 1.66. The maximum Gasteiger partial charge on any atom is 0.412 e. The normalized spacial score (nSPS) is 14.7. The van der Waals surface area contributed by atoms with E-state index >= 15 is 0 Å². The van der Waals surface area contributed by atoms with E-state index in [0.717, 1.165) is 6.20 Å². The van der Waals surface area contributed by atoms with Gasteiger partial charge in [-0.2, -0.15) is 13.2 Å². The van der Waals surface area contributed by atoms with Gasteiger partial charge in [0.05, 0.1) is 5.69 Å². The number of alkyl halides is 3. The first-order valence-corrected chi connectivity index (χ1v) is 7.80. The molecule has 0 saturated heterocycles. The number of hydrogen-bond donors (Lipinski definition) is 0. The maximum atomic E-state index is 12.6. The molecule has 0 spiro atoms. The van der Waals surface area contributed by atoms with Gasteiger partial charge >= 0.3 is 6.18 Å². The van der Waals surface area contributed by atoms with Gasteiger partial charge in [0.2, 0.25) is 14.3 Å². The second-order valence-electron chi connectivity index (χ2n) is 2.92. The van der Waals surface area contributed by atoms with Crippen LogP contribution in [-0.2, 0) is 9.05 Å². The molecule has 1 unspecified atom stereocenters. The molecule has 10 heteroatoms. The van der Waals surface area contributed by atoms with Crippen LogP contribution in [0.4, 0.5) is 13.2 Å². The molecular formula is C7H3Br2ClF3NO2S. The number of rotatable bonds is 2. The fourth-order valence-corrected chi connectivity index (χ4v) is 3.76. The predicted molar refractivity (Wildman–Crippen MR) is 63.2 cm³/mol. The lowest BCUT2D eigenvalue weighted by molar-refractivity contribution is -0.131. The number of halogens is 6. The first-order valence-electron chi connectivity index (χ1n) is 3.84. The Labute approximate surface area is 116 Å². The van der Waals surface area contributed by atoms with Gasteiger partial charge < -0.3 is 0 Å². The van der Waals surface area contributed by atoms with Crippen LogP contribution in [0.2, 0.25) is 0 Å². The van der Waals surface area contributed by atoms with E-state index in [1.54, 1.807) is 0 Å². The molecule has 0 aromatic carbocycles. The van der Waals surface area contributed by atoms with Crippen LogP contribution in [0.15, 0.2) is 21.2 Å². The molecule has 1 rings (SSSR count). The Morgan fingerprint density at radius 1 is 1.35 bits per heavy atom. The molecule has 0 fully saturated rings. The Balaban J connectivity index is 3.44. The fourth-order valence-electron chi connectivity index (χ4n) is 1.07. The molecule has 3 nitrogen and oxygen atoms in total. The van der Waals surface area contributed by atoms with Gasteiger partial charge in [-0.15, -0.1) is 0 Å². The average Bonchev–Trinajstić information content (AvgIpc) is 2.04. The zero-order valence-corrected chi connectivity index (χ0v) is 12.4. The first kappa shape index (κ1) is 15.2. The van der Waals surface area contributed by atoms with E-state index in [1.807, 2.05) is 0 Å². The van der Waals surface area contributed by atoms with E-state index in [-0.39, 0.29) is 4.47 Å².